The summed E-state index contributed by atoms with van der Waals surface area (Å²) in [4.78, 5) is 26.7. The van der Waals surface area contributed by atoms with Crippen molar-refractivity contribution in [1.29, 1.82) is 0 Å². The molecular formula is C50H47B3N6OS. The van der Waals surface area contributed by atoms with Crippen molar-refractivity contribution in [3.05, 3.63) is 167 Å². The van der Waals surface area contributed by atoms with Gasteiger partial charge in [-0.25, -0.2) is 0 Å². The van der Waals surface area contributed by atoms with E-state index in [9.17, 15) is 0 Å². The number of thiazole rings is 1. The summed E-state index contributed by atoms with van der Waals surface area (Å²) in [5.74, 6) is 4.23. The largest absolute Gasteiger partial charge is 0.135 e. The van der Waals surface area contributed by atoms with Gasteiger partial charge < -0.3 is 0 Å². The number of hydrogen-bond donors (Lipinski definition) is 0. The molecule has 0 aliphatic carbocycles. The summed E-state index contributed by atoms with van der Waals surface area (Å²) in [7, 11) is 2.85. The van der Waals surface area contributed by atoms with E-state index in [4.69, 9.17) is 29.3 Å². The fourth-order valence-electron chi connectivity index (χ4n) is 7.38. The van der Waals surface area contributed by atoms with E-state index in [2.05, 4.69) is 82.6 Å². The third-order valence-electron chi connectivity index (χ3n) is 10.4. The van der Waals surface area contributed by atoms with Crippen molar-refractivity contribution in [3.8, 4) is 34.2 Å². The average Bonchev–Trinajstić information content (AvgIpc) is 3.94. The minimum Gasteiger partial charge on any atom is -0.135 e. The minimum atomic E-state index is 0.498. The number of hydrogen-bond acceptors (Lipinski definition) is 7. The number of allylic oxidation sites excluding steroid dienone is 9. The Labute approximate surface area is 365 Å². The summed E-state index contributed by atoms with van der Waals surface area (Å²) in [6, 6.07) is 25.8. The normalized spacial score (nSPS) is 12.8. The van der Waals surface area contributed by atoms with Gasteiger partial charge in [0, 0.05) is 9.78 Å². The van der Waals surface area contributed by atoms with E-state index in [1.807, 2.05) is 125 Å². The Morgan fingerprint density at radius 3 is 2.05 bits per heavy atom. The maximum Gasteiger partial charge on any atom is 0.0281 e. The summed E-state index contributed by atoms with van der Waals surface area (Å²) in [5.41, 5.74) is 13.3. The van der Waals surface area contributed by atoms with Gasteiger partial charge in [-0.05, 0) is 6.92 Å². The number of fused-ring (bicyclic) bond motifs is 1. The topological polar surface area (TPSA) is 82.5 Å². The molecule has 7 nitrogen and oxygen atoms in total. The smallest absolute Gasteiger partial charge is 0.0281 e. The number of rotatable bonds is 14. The van der Waals surface area contributed by atoms with Crippen LogP contribution in [0, 0.1) is 13.8 Å². The molecule has 61 heavy (non-hydrogen) atoms. The first-order chi connectivity index (χ1) is 29.7. The van der Waals surface area contributed by atoms with Gasteiger partial charge >= 0.3 is 253 Å². The standard InChI is InChI=1S/C50H47B3N6OS/c1-9-18-40-32(5)59(39(11-3)30-43-33(6)61-50(51)55-43)45(53-8)41(40)28-34(10-2)31(4)27-38(25-26-52-7)49-54-42-24-23-37(29-44(42)60-49)48-57-46(35-19-14-12-15-20-35)56-47(58-48)36-21-16-13-17-22-36/h9-30,53H,2-3,51H2,1,4-8H3/b18-9-,31-27+,34-28+,38-25+,39-30+. The average molecular weight is 812 g/mol. The Hall–Kier alpha value is -6.71. The molecule has 0 amide bonds. The third-order valence-corrected chi connectivity index (χ3v) is 11.3. The quantitative estimate of drug-likeness (QED) is 0.0804. The number of aryl methyl sites for hydroxylation is 1. The van der Waals surface area contributed by atoms with Gasteiger partial charge in [-0.2, -0.15) is 0 Å². The van der Waals surface area contributed by atoms with Crippen LogP contribution in [0.25, 0.3) is 74.8 Å². The zero-order chi connectivity index (χ0) is 43.0. The molecule has 3 aromatic carbocycles. The molecule has 11 heteroatoms. The van der Waals surface area contributed by atoms with Gasteiger partial charge in [-0.15, -0.1) is 11.3 Å². The SMILES string of the molecule is Bc1nc(/C=C(\C=C)n2c(C)c(/C=C\C)c(/C=C(C=C)/C(C)=C/C(=C\C=B/C)c3nc4ccc(-c5nc(-c6ccccc6)nc(-c6ccccc6)n5)cc4o3)c2BC)c(C)s1. The predicted molar refractivity (Wildman–Crippen MR) is 267 cm³/mol. The Morgan fingerprint density at radius 1 is 0.836 bits per heavy atom. The van der Waals surface area contributed by atoms with Crippen molar-refractivity contribution < 1.29 is 4.42 Å². The van der Waals surface area contributed by atoms with Gasteiger partial charge in [-0.3, -0.25) is 4.98 Å². The maximum absolute atomic E-state index is 6.55. The number of nitrogens with zero attached hydrogens (tertiary/aromatic N) is 6. The molecule has 0 aliphatic rings. The Morgan fingerprint density at radius 2 is 1.49 bits per heavy atom. The molecule has 0 radical (unpaired) electrons. The summed E-state index contributed by atoms with van der Waals surface area (Å²) < 4.78 is 8.86. The van der Waals surface area contributed by atoms with Crippen molar-refractivity contribution in [2.45, 2.75) is 41.3 Å². The molecular weight excluding hydrogens is 765 g/mol. The van der Waals surface area contributed by atoms with Crippen molar-refractivity contribution in [1.82, 2.24) is 29.5 Å². The summed E-state index contributed by atoms with van der Waals surface area (Å²) in [6.45, 7) is 23.1. The van der Waals surface area contributed by atoms with Crippen LogP contribution in [0.5, 0.6) is 0 Å². The second-order valence-electron chi connectivity index (χ2n) is 14.5. The predicted octanol–water partition coefficient (Wildman–Crippen LogP) is 9.63. The van der Waals surface area contributed by atoms with Crippen LogP contribution in [0.15, 0.2) is 138 Å². The van der Waals surface area contributed by atoms with E-state index < -0.39 is 0 Å². The van der Waals surface area contributed by atoms with Crippen LogP contribution >= 0.6 is 11.3 Å². The van der Waals surface area contributed by atoms with Gasteiger partial charge in [0.2, 0.25) is 0 Å². The number of oxazole rings is 1. The van der Waals surface area contributed by atoms with Crippen LogP contribution in [0.2, 0.25) is 13.6 Å². The molecule has 0 spiro atoms. The summed E-state index contributed by atoms with van der Waals surface area (Å²) in [6.07, 6.45) is 16.6. The van der Waals surface area contributed by atoms with E-state index in [1.54, 1.807) is 11.3 Å². The second kappa shape index (κ2) is 19.1. The fraction of sp³-hybridized carbons (Fsp3) is 0.120. The summed E-state index contributed by atoms with van der Waals surface area (Å²) in [5, 5.41) is 0. The van der Waals surface area contributed by atoms with Crippen molar-refractivity contribution in [3.63, 3.8) is 0 Å². The molecule has 298 valence electrons. The molecule has 4 aromatic heterocycles. The molecule has 4 heterocycles. The van der Waals surface area contributed by atoms with Gasteiger partial charge in [0.05, 0.1) is 5.69 Å². The molecule has 0 fully saturated rings. The van der Waals surface area contributed by atoms with Crippen molar-refractivity contribution >= 4 is 90.4 Å². The van der Waals surface area contributed by atoms with Crippen LogP contribution in [-0.4, -0.2) is 57.5 Å². The molecule has 0 atom stereocenters. The maximum atomic E-state index is 6.55. The van der Waals surface area contributed by atoms with E-state index in [0.717, 1.165) is 79.3 Å². The first kappa shape index (κ1) is 42.4. The Kier molecular flexibility index (Phi) is 13.3. The first-order valence-corrected chi connectivity index (χ1v) is 21.3. The van der Waals surface area contributed by atoms with Crippen LogP contribution in [-0.2, 0) is 0 Å². The Bertz CT molecular complexity index is 2890. The van der Waals surface area contributed by atoms with E-state index in [-0.39, 0.29) is 0 Å². The van der Waals surface area contributed by atoms with E-state index in [0.29, 0.717) is 28.9 Å². The molecule has 0 saturated heterocycles. The second-order valence-corrected chi connectivity index (χ2v) is 15.9. The van der Waals surface area contributed by atoms with Crippen LogP contribution in [0.1, 0.15) is 47.1 Å². The molecule has 7 aromatic rings. The molecule has 0 bridgehead atoms. The fourth-order valence-corrected chi connectivity index (χ4v) is 8.17. The monoisotopic (exact) mass is 812 g/mol. The van der Waals surface area contributed by atoms with Crippen molar-refractivity contribution in [2.75, 3.05) is 0 Å². The minimum absolute atomic E-state index is 0.498. The van der Waals surface area contributed by atoms with Crippen LogP contribution in [0.3, 0.4) is 0 Å². The first-order valence-electron chi connectivity index (χ1n) is 20.5. The third kappa shape index (κ3) is 9.22. The Balaban J connectivity index is 1.29. The molecule has 0 aliphatic heterocycles. The van der Waals surface area contributed by atoms with E-state index in [1.165, 1.54) is 10.5 Å². The molecule has 0 unspecified atom stereocenters. The van der Waals surface area contributed by atoms with Gasteiger partial charge in [0.1, 0.15) is 0 Å². The zero-order valence-corrected chi connectivity index (χ0v) is 36.7. The number of aromatic nitrogens is 6. The van der Waals surface area contributed by atoms with Gasteiger partial charge in [-0.1, -0.05) is 67.2 Å². The van der Waals surface area contributed by atoms with E-state index >= 15 is 0 Å². The molecule has 0 saturated carbocycles. The molecule has 0 N–H and O–H groups in total. The van der Waals surface area contributed by atoms with Gasteiger partial charge in [0.25, 0.3) is 0 Å². The van der Waals surface area contributed by atoms with Gasteiger partial charge in [0.15, 0.2) is 7.85 Å². The van der Waals surface area contributed by atoms with Crippen molar-refractivity contribution in [2.24, 2.45) is 0 Å². The molecule has 7 rings (SSSR count). The number of benzene rings is 3. The zero-order valence-electron chi connectivity index (χ0n) is 35.9. The van der Waals surface area contributed by atoms with Crippen LogP contribution < -0.4 is 10.5 Å². The van der Waals surface area contributed by atoms with Crippen LogP contribution in [0.4, 0.5) is 0 Å². The summed E-state index contributed by atoms with van der Waals surface area (Å²) >= 11 is 1.71.